The van der Waals surface area contributed by atoms with Gasteiger partial charge >= 0.3 is 0 Å². The molecule has 0 aliphatic heterocycles. The summed E-state index contributed by atoms with van der Waals surface area (Å²) in [5, 5.41) is 0. The van der Waals surface area contributed by atoms with Crippen molar-refractivity contribution >= 4 is 24.9 Å². The number of nitrogens with two attached hydrogens (primary N) is 2. The molecule has 4 N–H and O–H groups in total. The highest BCUT2D eigenvalue weighted by atomic mass is 14.8. The van der Waals surface area contributed by atoms with E-state index >= 15 is 0 Å². The van der Waals surface area contributed by atoms with Crippen LogP contribution >= 0.6 is 0 Å². The molecule has 0 unspecified atom stereocenters. The van der Waals surface area contributed by atoms with E-state index in [1.165, 1.54) is 0 Å². The molecular weight excluding hydrogens is 185 g/mol. The fraction of sp³-hybridized carbons (Fsp3) is 0.364. The van der Waals surface area contributed by atoms with Crippen molar-refractivity contribution in [2.45, 2.75) is 26.6 Å². The van der Waals surface area contributed by atoms with Gasteiger partial charge in [0.25, 0.3) is 0 Å². The highest BCUT2D eigenvalue weighted by molar-refractivity contribution is 6.19. The Labute approximate surface area is 92.0 Å². The van der Waals surface area contributed by atoms with Crippen LogP contribution in [0.15, 0.2) is 17.8 Å². The Morgan fingerprint density at radius 3 is 2.40 bits per heavy atom. The molecule has 78 valence electrons. The second-order valence-corrected chi connectivity index (χ2v) is 3.86. The van der Waals surface area contributed by atoms with Crippen molar-refractivity contribution in [1.82, 2.24) is 4.98 Å². The van der Waals surface area contributed by atoms with E-state index in [0.717, 1.165) is 16.7 Å². The third-order valence-corrected chi connectivity index (χ3v) is 2.28. The molecule has 1 aromatic heterocycles. The number of hydrogen-bond donors (Lipinski definition) is 2. The van der Waals surface area contributed by atoms with Gasteiger partial charge in [-0.25, -0.2) is 4.98 Å². The molecule has 0 aliphatic carbocycles. The third-order valence-electron chi connectivity index (χ3n) is 2.28. The van der Waals surface area contributed by atoms with E-state index in [9.17, 15) is 0 Å². The van der Waals surface area contributed by atoms with E-state index in [4.69, 9.17) is 19.3 Å². The van der Waals surface area contributed by atoms with Crippen molar-refractivity contribution in [3.8, 4) is 0 Å². The summed E-state index contributed by atoms with van der Waals surface area (Å²) in [6.45, 7) is 5.89. The number of hydrogen-bond acceptors (Lipinski definition) is 3. The van der Waals surface area contributed by atoms with E-state index in [1.54, 1.807) is 12.3 Å². The molecule has 0 spiro atoms. The summed E-state index contributed by atoms with van der Waals surface area (Å²) in [7, 11) is 5.91. The molecule has 15 heavy (non-hydrogen) atoms. The fourth-order valence-electron chi connectivity index (χ4n) is 1.72. The summed E-state index contributed by atoms with van der Waals surface area (Å²) in [5.41, 5.74) is 15.2. The molecule has 3 nitrogen and oxygen atoms in total. The van der Waals surface area contributed by atoms with E-state index in [2.05, 4.69) is 4.98 Å². The number of allylic oxidation sites excluding steroid dienone is 2. The van der Waals surface area contributed by atoms with Crippen molar-refractivity contribution in [2.24, 2.45) is 0 Å². The van der Waals surface area contributed by atoms with Crippen molar-refractivity contribution in [3.05, 3.63) is 23.4 Å². The molecule has 1 atom stereocenters. The summed E-state index contributed by atoms with van der Waals surface area (Å²) < 4.78 is 0. The van der Waals surface area contributed by atoms with Crippen molar-refractivity contribution in [1.29, 1.82) is 0 Å². The molecule has 0 saturated carbocycles. The van der Waals surface area contributed by atoms with Gasteiger partial charge in [-0.2, -0.15) is 0 Å². The van der Waals surface area contributed by atoms with Gasteiger partial charge in [-0.1, -0.05) is 18.3 Å². The zero-order valence-corrected chi connectivity index (χ0v) is 9.41. The van der Waals surface area contributed by atoms with Gasteiger partial charge in [-0.05, 0) is 25.5 Å². The molecule has 1 rings (SSSR count). The minimum atomic E-state index is -0.108. The molecule has 1 aromatic rings. The quantitative estimate of drug-likeness (QED) is 0.719. The van der Waals surface area contributed by atoms with Gasteiger partial charge in [0.1, 0.15) is 5.82 Å². The Balaban J connectivity index is 3.43. The lowest BCUT2D eigenvalue weighted by atomic mass is 9.77. The van der Waals surface area contributed by atoms with Crippen LogP contribution in [-0.2, 0) is 0 Å². The molecule has 0 aromatic carbocycles. The van der Waals surface area contributed by atoms with Crippen LogP contribution in [0, 0.1) is 0 Å². The summed E-state index contributed by atoms with van der Waals surface area (Å²) in [6.07, 6.45) is 1.60. The third kappa shape index (κ3) is 2.32. The number of nitrogens with zero attached hydrogens (tertiary/aromatic N) is 1. The van der Waals surface area contributed by atoms with Gasteiger partial charge in [0.05, 0.1) is 7.85 Å². The van der Waals surface area contributed by atoms with Crippen molar-refractivity contribution in [2.75, 3.05) is 11.5 Å². The Morgan fingerprint density at radius 2 is 2.00 bits per heavy atom. The van der Waals surface area contributed by atoms with E-state index in [1.807, 2.05) is 20.8 Å². The first-order valence-corrected chi connectivity index (χ1v) is 4.88. The Bertz CT molecular complexity index is 373. The minimum absolute atomic E-state index is 0.108. The average molecular weight is 201 g/mol. The maximum Gasteiger partial charge on any atom is 0.132 e. The number of anilines is 2. The maximum absolute atomic E-state index is 5.91. The molecule has 0 amide bonds. The number of aromatic nitrogens is 1. The number of nitrogen functional groups attached to an aromatic ring is 2. The van der Waals surface area contributed by atoms with Crippen LogP contribution in [0.3, 0.4) is 0 Å². The Morgan fingerprint density at radius 1 is 1.40 bits per heavy atom. The van der Waals surface area contributed by atoms with Crippen LogP contribution in [-0.4, -0.2) is 12.8 Å². The van der Waals surface area contributed by atoms with Crippen LogP contribution in [0.2, 0.25) is 5.82 Å². The fourth-order valence-corrected chi connectivity index (χ4v) is 1.72. The van der Waals surface area contributed by atoms with Gasteiger partial charge in [-0.3, -0.25) is 0 Å². The minimum Gasteiger partial charge on any atom is -0.398 e. The highest BCUT2D eigenvalue weighted by Crippen LogP contribution is 2.35. The van der Waals surface area contributed by atoms with Crippen LogP contribution in [0.4, 0.5) is 11.5 Å². The lowest BCUT2D eigenvalue weighted by Crippen LogP contribution is -2.05. The Kier molecular flexibility index (Phi) is 3.40. The van der Waals surface area contributed by atoms with Crippen LogP contribution < -0.4 is 11.5 Å². The van der Waals surface area contributed by atoms with E-state index in [-0.39, 0.29) is 5.82 Å². The average Bonchev–Trinajstić information content (AvgIpc) is 2.09. The first-order valence-electron chi connectivity index (χ1n) is 4.88. The van der Waals surface area contributed by atoms with Crippen molar-refractivity contribution in [3.63, 3.8) is 0 Å². The van der Waals surface area contributed by atoms with Crippen LogP contribution in [0.5, 0.6) is 0 Å². The first kappa shape index (κ1) is 11.6. The zero-order valence-electron chi connectivity index (χ0n) is 9.41. The predicted molar refractivity (Wildman–Crippen MR) is 66.5 cm³/mol. The highest BCUT2D eigenvalue weighted by Gasteiger charge is 2.14. The van der Waals surface area contributed by atoms with E-state index in [0.29, 0.717) is 11.5 Å². The Hall–Kier alpha value is -1.45. The van der Waals surface area contributed by atoms with Gasteiger partial charge < -0.3 is 11.5 Å². The monoisotopic (exact) mass is 201 g/mol. The smallest absolute Gasteiger partial charge is 0.132 e. The van der Waals surface area contributed by atoms with Crippen LogP contribution in [0.1, 0.15) is 26.3 Å². The standard InChI is InChI=1S/C11H16BN3/c1-6(2)9(7(3)12)10-8(13)4-5-15-11(10)14/h4-5,7H,1-3H3,(H4,13,14,15)/t7-/m1/s1. The second kappa shape index (κ2) is 4.38. The summed E-state index contributed by atoms with van der Waals surface area (Å²) in [4.78, 5) is 4.03. The zero-order chi connectivity index (χ0) is 11.6. The molecule has 1 heterocycles. The SMILES string of the molecule is [B][C@H](C)C(=C(C)C)c1c(N)ccnc1N. The maximum atomic E-state index is 5.91. The number of rotatable bonds is 2. The molecule has 4 heteroatoms. The molecule has 2 radical (unpaired) electrons. The lowest BCUT2D eigenvalue weighted by molar-refractivity contribution is 1.17. The van der Waals surface area contributed by atoms with Crippen molar-refractivity contribution < 1.29 is 0 Å². The van der Waals surface area contributed by atoms with E-state index < -0.39 is 0 Å². The van der Waals surface area contributed by atoms with Crippen LogP contribution in [0.25, 0.3) is 5.57 Å². The van der Waals surface area contributed by atoms with Gasteiger partial charge in [-0.15, -0.1) is 0 Å². The van der Waals surface area contributed by atoms with Gasteiger partial charge in [0.2, 0.25) is 0 Å². The second-order valence-electron chi connectivity index (χ2n) is 3.86. The summed E-state index contributed by atoms with van der Waals surface area (Å²) in [6, 6.07) is 1.73. The lowest BCUT2D eigenvalue weighted by Gasteiger charge is -2.18. The first-order chi connectivity index (χ1) is 6.95. The summed E-state index contributed by atoms with van der Waals surface area (Å²) in [5.74, 6) is 0.326. The summed E-state index contributed by atoms with van der Waals surface area (Å²) >= 11 is 0. The molecule has 0 fully saturated rings. The van der Waals surface area contributed by atoms with Gasteiger partial charge in [0, 0.05) is 17.4 Å². The predicted octanol–water partition coefficient (Wildman–Crippen LogP) is 2.02. The largest absolute Gasteiger partial charge is 0.398 e. The number of pyridine rings is 1. The molecular formula is C11H16BN3. The normalized spacial score (nSPS) is 12.2. The molecule has 0 aliphatic rings. The van der Waals surface area contributed by atoms with Gasteiger partial charge in [0.15, 0.2) is 0 Å². The topological polar surface area (TPSA) is 64.9 Å². The molecule has 0 saturated heterocycles. The molecule has 0 bridgehead atoms.